The van der Waals surface area contributed by atoms with Crippen LogP contribution in [-0.2, 0) is 6.42 Å². The number of nitrogens with zero attached hydrogens (tertiary/aromatic N) is 1. The third-order valence-corrected chi connectivity index (χ3v) is 4.48. The van der Waals surface area contributed by atoms with E-state index in [9.17, 15) is 0 Å². The fourth-order valence-electron chi connectivity index (χ4n) is 2.18. The zero-order valence-corrected chi connectivity index (χ0v) is 12.7. The Bertz CT molecular complexity index is 488. The van der Waals surface area contributed by atoms with Crippen molar-refractivity contribution in [3.05, 3.63) is 52.2 Å². The van der Waals surface area contributed by atoms with E-state index < -0.39 is 0 Å². The monoisotopic (exact) mass is 274 g/mol. The number of thiophene rings is 1. The van der Waals surface area contributed by atoms with Gasteiger partial charge in [0, 0.05) is 23.7 Å². The number of rotatable bonds is 5. The summed E-state index contributed by atoms with van der Waals surface area (Å²) in [6, 6.07) is 13.6. The second-order valence-corrected chi connectivity index (χ2v) is 6.13. The van der Waals surface area contributed by atoms with E-state index in [0.29, 0.717) is 6.04 Å². The van der Waals surface area contributed by atoms with Gasteiger partial charge in [-0.25, -0.2) is 0 Å². The molecule has 2 rings (SSSR count). The van der Waals surface area contributed by atoms with Crippen molar-refractivity contribution < 1.29 is 0 Å². The summed E-state index contributed by atoms with van der Waals surface area (Å²) >= 11 is 1.81. The Balaban J connectivity index is 2.09. The maximum Gasteiger partial charge on any atom is 0.0603 e. The molecule has 2 atom stereocenters. The highest BCUT2D eigenvalue weighted by molar-refractivity contribution is 7.10. The van der Waals surface area contributed by atoms with Crippen molar-refractivity contribution in [1.29, 1.82) is 0 Å². The quantitative estimate of drug-likeness (QED) is 0.897. The molecule has 1 aromatic heterocycles. The van der Waals surface area contributed by atoms with Crippen molar-refractivity contribution in [3.8, 4) is 0 Å². The van der Waals surface area contributed by atoms with Crippen LogP contribution >= 0.6 is 11.3 Å². The van der Waals surface area contributed by atoms with Crippen LogP contribution < -0.4 is 10.6 Å². The van der Waals surface area contributed by atoms with Crippen LogP contribution in [-0.4, -0.2) is 13.1 Å². The van der Waals surface area contributed by atoms with Gasteiger partial charge in [-0.2, -0.15) is 0 Å². The molecule has 0 aliphatic heterocycles. The molecule has 3 heteroatoms. The minimum atomic E-state index is 0.216. The molecule has 0 saturated carbocycles. The van der Waals surface area contributed by atoms with E-state index in [4.69, 9.17) is 5.73 Å². The Morgan fingerprint density at radius 1 is 1.16 bits per heavy atom. The van der Waals surface area contributed by atoms with Gasteiger partial charge in [0.1, 0.15) is 0 Å². The smallest absolute Gasteiger partial charge is 0.0603 e. The Kier molecular flexibility index (Phi) is 4.61. The molecule has 102 valence electrons. The van der Waals surface area contributed by atoms with E-state index in [1.54, 1.807) is 0 Å². The molecular weight excluding hydrogens is 252 g/mol. The van der Waals surface area contributed by atoms with E-state index in [2.05, 4.69) is 60.6 Å². The first kappa shape index (κ1) is 14.1. The van der Waals surface area contributed by atoms with E-state index in [1.165, 1.54) is 16.1 Å². The number of anilines is 1. The summed E-state index contributed by atoms with van der Waals surface area (Å²) in [5.41, 5.74) is 8.37. The molecule has 2 nitrogen and oxygen atoms in total. The van der Waals surface area contributed by atoms with Crippen molar-refractivity contribution in [2.75, 3.05) is 11.9 Å². The average molecular weight is 274 g/mol. The highest BCUT2D eigenvalue weighted by atomic mass is 32.1. The average Bonchev–Trinajstić information content (AvgIpc) is 2.91. The van der Waals surface area contributed by atoms with Gasteiger partial charge in [-0.3, -0.25) is 0 Å². The molecule has 2 aromatic rings. The Hall–Kier alpha value is -1.32. The lowest BCUT2D eigenvalue weighted by molar-refractivity contribution is 0.735. The molecule has 0 spiro atoms. The summed E-state index contributed by atoms with van der Waals surface area (Å²) in [4.78, 5) is 3.70. The van der Waals surface area contributed by atoms with Crippen molar-refractivity contribution in [3.63, 3.8) is 0 Å². The van der Waals surface area contributed by atoms with E-state index in [0.717, 1.165) is 6.42 Å². The predicted octanol–water partition coefficient (Wildman–Crippen LogP) is 3.84. The van der Waals surface area contributed by atoms with E-state index in [1.807, 2.05) is 18.3 Å². The van der Waals surface area contributed by atoms with Crippen LogP contribution in [0.25, 0.3) is 0 Å². The molecule has 2 N–H and O–H groups in total. The molecular formula is C16H22N2S. The summed E-state index contributed by atoms with van der Waals surface area (Å²) in [5.74, 6) is 0. The normalized spacial score (nSPS) is 14.1. The molecule has 1 aromatic carbocycles. The SMILES string of the molecule is CC(N)Cc1ccc(N(C)C(C)c2cccs2)cc1. The second-order valence-electron chi connectivity index (χ2n) is 5.15. The molecule has 19 heavy (non-hydrogen) atoms. The van der Waals surface area contributed by atoms with Gasteiger partial charge >= 0.3 is 0 Å². The largest absolute Gasteiger partial charge is 0.367 e. The van der Waals surface area contributed by atoms with Gasteiger partial charge in [0.2, 0.25) is 0 Å². The molecule has 0 amide bonds. The van der Waals surface area contributed by atoms with Gasteiger partial charge in [0.15, 0.2) is 0 Å². The van der Waals surface area contributed by atoms with Crippen LogP contribution in [0.3, 0.4) is 0 Å². The van der Waals surface area contributed by atoms with Gasteiger partial charge in [0.05, 0.1) is 6.04 Å². The highest BCUT2D eigenvalue weighted by Gasteiger charge is 2.13. The summed E-state index contributed by atoms with van der Waals surface area (Å²) < 4.78 is 0. The lowest BCUT2D eigenvalue weighted by Gasteiger charge is -2.26. The van der Waals surface area contributed by atoms with Gasteiger partial charge in [-0.15, -0.1) is 11.3 Å². The zero-order chi connectivity index (χ0) is 13.8. The molecule has 0 fully saturated rings. The van der Waals surface area contributed by atoms with Crippen LogP contribution in [0.1, 0.15) is 30.3 Å². The third kappa shape index (κ3) is 3.58. The fourth-order valence-corrected chi connectivity index (χ4v) is 3.01. The van der Waals surface area contributed by atoms with Crippen LogP contribution in [0.15, 0.2) is 41.8 Å². The Labute approximate surface area is 119 Å². The fraction of sp³-hybridized carbons (Fsp3) is 0.375. The first-order valence-corrected chi connectivity index (χ1v) is 7.56. The molecule has 0 aliphatic carbocycles. The topological polar surface area (TPSA) is 29.3 Å². The van der Waals surface area contributed by atoms with Crippen molar-refractivity contribution in [2.24, 2.45) is 5.73 Å². The molecule has 0 bridgehead atoms. The van der Waals surface area contributed by atoms with E-state index >= 15 is 0 Å². The third-order valence-electron chi connectivity index (χ3n) is 3.44. The number of hydrogen-bond donors (Lipinski definition) is 1. The second kappa shape index (κ2) is 6.22. The first-order chi connectivity index (χ1) is 9.08. The van der Waals surface area contributed by atoms with Crippen molar-refractivity contribution >= 4 is 17.0 Å². The Morgan fingerprint density at radius 2 is 1.84 bits per heavy atom. The van der Waals surface area contributed by atoms with E-state index in [-0.39, 0.29) is 6.04 Å². The van der Waals surface area contributed by atoms with Gasteiger partial charge < -0.3 is 10.6 Å². The molecule has 0 radical (unpaired) electrons. The maximum atomic E-state index is 5.83. The number of nitrogens with two attached hydrogens (primary N) is 1. The molecule has 0 aliphatic rings. The standard InChI is InChI=1S/C16H22N2S/c1-12(17)11-14-6-8-15(9-7-14)18(3)13(2)16-5-4-10-19-16/h4-10,12-13H,11,17H2,1-3H3. The lowest BCUT2D eigenvalue weighted by atomic mass is 10.1. The highest BCUT2D eigenvalue weighted by Crippen LogP contribution is 2.28. The number of hydrogen-bond acceptors (Lipinski definition) is 3. The minimum Gasteiger partial charge on any atom is -0.367 e. The van der Waals surface area contributed by atoms with Crippen LogP contribution in [0, 0.1) is 0 Å². The van der Waals surface area contributed by atoms with Gasteiger partial charge in [-0.1, -0.05) is 18.2 Å². The summed E-state index contributed by atoms with van der Waals surface area (Å²) in [6.45, 7) is 4.28. The minimum absolute atomic E-state index is 0.216. The number of benzene rings is 1. The first-order valence-electron chi connectivity index (χ1n) is 6.68. The Morgan fingerprint density at radius 3 is 2.37 bits per heavy atom. The molecule has 2 unspecified atom stereocenters. The van der Waals surface area contributed by atoms with Crippen molar-refractivity contribution in [2.45, 2.75) is 32.4 Å². The van der Waals surface area contributed by atoms with Gasteiger partial charge in [0.25, 0.3) is 0 Å². The van der Waals surface area contributed by atoms with Crippen LogP contribution in [0.2, 0.25) is 0 Å². The lowest BCUT2D eigenvalue weighted by Crippen LogP contribution is -2.21. The summed E-state index contributed by atoms with van der Waals surface area (Å²) in [7, 11) is 2.14. The van der Waals surface area contributed by atoms with Crippen molar-refractivity contribution in [1.82, 2.24) is 0 Å². The van der Waals surface area contributed by atoms with Crippen LogP contribution in [0.4, 0.5) is 5.69 Å². The maximum absolute atomic E-state index is 5.83. The summed E-state index contributed by atoms with van der Waals surface area (Å²) in [5, 5.41) is 2.13. The molecule has 1 heterocycles. The summed E-state index contributed by atoms with van der Waals surface area (Å²) in [6.07, 6.45) is 0.935. The molecule has 0 saturated heterocycles. The predicted molar refractivity (Wildman–Crippen MR) is 84.9 cm³/mol. The zero-order valence-electron chi connectivity index (χ0n) is 11.8. The van der Waals surface area contributed by atoms with Crippen LogP contribution in [0.5, 0.6) is 0 Å². The van der Waals surface area contributed by atoms with Gasteiger partial charge in [-0.05, 0) is 49.4 Å².